The van der Waals surface area contributed by atoms with Crippen molar-refractivity contribution in [2.75, 3.05) is 26.2 Å². The van der Waals surface area contributed by atoms with Crippen molar-refractivity contribution in [2.24, 2.45) is 5.41 Å². The summed E-state index contributed by atoms with van der Waals surface area (Å²) in [5.74, 6) is 0.410. The van der Waals surface area contributed by atoms with Gasteiger partial charge in [0.15, 0.2) is 0 Å². The first-order chi connectivity index (χ1) is 12.4. The number of aryl methyl sites for hydroxylation is 2. The van der Waals surface area contributed by atoms with Gasteiger partial charge in [-0.1, -0.05) is 6.92 Å². The highest BCUT2D eigenvalue weighted by Crippen LogP contribution is 2.43. The number of nitrogens with zero attached hydrogens (tertiary/aromatic N) is 4. The molecule has 144 valence electrons. The van der Waals surface area contributed by atoms with E-state index < -0.39 is 5.97 Å². The lowest BCUT2D eigenvalue weighted by molar-refractivity contribution is -0.142. The second kappa shape index (κ2) is 7.78. The number of carboxylic acid groups (broad SMARTS) is 1. The molecule has 2 fully saturated rings. The Labute approximate surface area is 155 Å². The van der Waals surface area contributed by atoms with Gasteiger partial charge in [0.2, 0.25) is 5.91 Å². The molecule has 0 aliphatic carbocycles. The first-order valence-corrected chi connectivity index (χ1v) is 9.66. The van der Waals surface area contributed by atoms with E-state index in [4.69, 9.17) is 0 Å². The van der Waals surface area contributed by atoms with Crippen LogP contribution >= 0.6 is 0 Å². The van der Waals surface area contributed by atoms with Crippen LogP contribution in [0.25, 0.3) is 0 Å². The van der Waals surface area contributed by atoms with E-state index in [1.807, 2.05) is 22.6 Å². The SMILES string of the molecule is CCCN1CC2(CCN(C(=O)CCn3ccnc3C)CC2)CC1C(=O)O. The highest BCUT2D eigenvalue weighted by molar-refractivity contribution is 5.76. The van der Waals surface area contributed by atoms with E-state index in [0.29, 0.717) is 13.0 Å². The van der Waals surface area contributed by atoms with Gasteiger partial charge in [-0.2, -0.15) is 0 Å². The molecule has 7 nitrogen and oxygen atoms in total. The number of likely N-dealkylation sites (tertiary alicyclic amines) is 2. The molecular formula is C19H30N4O3. The third-order valence-electron chi connectivity index (χ3n) is 6.07. The standard InChI is InChI=1S/C19H30N4O3/c1-3-8-23-14-19(13-16(23)18(25)26)5-10-22(11-6-19)17(24)4-9-21-12-7-20-15(21)2/h7,12,16H,3-6,8-11,13-14H2,1-2H3,(H,25,26). The first kappa shape index (κ1) is 18.9. The van der Waals surface area contributed by atoms with Crippen molar-refractivity contribution >= 4 is 11.9 Å². The Bertz CT molecular complexity index is 649. The molecule has 1 atom stereocenters. The molecule has 3 rings (SSSR count). The van der Waals surface area contributed by atoms with Gasteiger partial charge in [0, 0.05) is 45.0 Å². The summed E-state index contributed by atoms with van der Waals surface area (Å²) in [6.45, 7) is 7.88. The summed E-state index contributed by atoms with van der Waals surface area (Å²) in [7, 11) is 0. The fourth-order valence-corrected chi connectivity index (χ4v) is 4.52. The van der Waals surface area contributed by atoms with Crippen LogP contribution in [0, 0.1) is 12.3 Å². The van der Waals surface area contributed by atoms with Crippen molar-refractivity contribution in [2.45, 2.75) is 58.5 Å². The maximum Gasteiger partial charge on any atom is 0.320 e. The number of aromatic nitrogens is 2. The quantitative estimate of drug-likeness (QED) is 0.834. The van der Waals surface area contributed by atoms with E-state index in [9.17, 15) is 14.7 Å². The number of piperidine rings is 1. The maximum absolute atomic E-state index is 12.5. The number of carbonyl (C=O) groups excluding carboxylic acids is 1. The molecule has 0 bridgehead atoms. The zero-order valence-electron chi connectivity index (χ0n) is 15.9. The van der Waals surface area contributed by atoms with Gasteiger partial charge in [-0.05, 0) is 44.6 Å². The summed E-state index contributed by atoms with van der Waals surface area (Å²) in [6.07, 6.45) is 7.66. The minimum Gasteiger partial charge on any atom is -0.480 e. The van der Waals surface area contributed by atoms with Gasteiger partial charge in [-0.15, -0.1) is 0 Å². The molecule has 2 aliphatic rings. The second-order valence-electron chi connectivity index (χ2n) is 7.83. The fraction of sp³-hybridized carbons (Fsp3) is 0.737. The van der Waals surface area contributed by atoms with E-state index in [-0.39, 0.29) is 17.4 Å². The number of carbonyl (C=O) groups is 2. The molecule has 1 amide bonds. The number of amides is 1. The van der Waals surface area contributed by atoms with Crippen LogP contribution in [0.3, 0.4) is 0 Å². The lowest BCUT2D eigenvalue weighted by atomic mass is 9.76. The molecule has 0 radical (unpaired) electrons. The topological polar surface area (TPSA) is 78.7 Å². The predicted molar refractivity (Wildman–Crippen MR) is 97.7 cm³/mol. The third-order valence-corrected chi connectivity index (χ3v) is 6.07. The summed E-state index contributed by atoms with van der Waals surface area (Å²) < 4.78 is 2.00. The average Bonchev–Trinajstić information content (AvgIpc) is 3.18. The molecule has 2 saturated heterocycles. The fourth-order valence-electron chi connectivity index (χ4n) is 4.52. The van der Waals surface area contributed by atoms with Gasteiger partial charge in [0.05, 0.1) is 0 Å². The smallest absolute Gasteiger partial charge is 0.320 e. The monoisotopic (exact) mass is 362 g/mol. The minimum absolute atomic E-state index is 0.0654. The Morgan fingerprint density at radius 1 is 1.31 bits per heavy atom. The lowest BCUT2D eigenvalue weighted by Crippen LogP contribution is -2.44. The van der Waals surface area contributed by atoms with Gasteiger partial charge in [-0.25, -0.2) is 4.98 Å². The van der Waals surface area contributed by atoms with E-state index in [1.165, 1.54) is 0 Å². The number of aliphatic carboxylic acids is 1. The maximum atomic E-state index is 12.5. The van der Waals surface area contributed by atoms with E-state index >= 15 is 0 Å². The molecular weight excluding hydrogens is 332 g/mol. The number of rotatable bonds is 6. The van der Waals surface area contributed by atoms with Crippen LogP contribution in [0.4, 0.5) is 0 Å². The third kappa shape index (κ3) is 3.92. The summed E-state index contributed by atoms with van der Waals surface area (Å²) in [4.78, 5) is 32.4. The molecule has 0 saturated carbocycles. The van der Waals surface area contributed by atoms with Crippen molar-refractivity contribution in [3.63, 3.8) is 0 Å². The molecule has 1 aromatic heterocycles. The molecule has 2 aliphatic heterocycles. The van der Waals surface area contributed by atoms with Crippen LogP contribution in [0.5, 0.6) is 0 Å². The molecule has 1 unspecified atom stereocenters. The molecule has 26 heavy (non-hydrogen) atoms. The Kier molecular flexibility index (Phi) is 5.65. The number of hydrogen-bond acceptors (Lipinski definition) is 4. The molecule has 7 heteroatoms. The Hall–Kier alpha value is -1.89. The van der Waals surface area contributed by atoms with Gasteiger partial charge in [0.25, 0.3) is 0 Å². The minimum atomic E-state index is -0.704. The van der Waals surface area contributed by atoms with Crippen molar-refractivity contribution in [3.05, 3.63) is 18.2 Å². The van der Waals surface area contributed by atoms with Crippen molar-refractivity contribution in [1.29, 1.82) is 0 Å². The molecule has 3 heterocycles. The van der Waals surface area contributed by atoms with Crippen LogP contribution in [0.15, 0.2) is 12.4 Å². The normalized spacial score (nSPS) is 22.8. The predicted octanol–water partition coefficient (Wildman–Crippen LogP) is 1.76. The summed E-state index contributed by atoms with van der Waals surface area (Å²) >= 11 is 0. The van der Waals surface area contributed by atoms with Crippen molar-refractivity contribution in [3.8, 4) is 0 Å². The number of imidazole rings is 1. The van der Waals surface area contributed by atoms with E-state index in [2.05, 4.69) is 16.8 Å². The summed E-state index contributed by atoms with van der Waals surface area (Å²) in [5, 5.41) is 9.53. The average molecular weight is 362 g/mol. The zero-order valence-corrected chi connectivity index (χ0v) is 15.9. The lowest BCUT2D eigenvalue weighted by Gasteiger charge is -2.39. The van der Waals surface area contributed by atoms with E-state index in [0.717, 1.165) is 57.7 Å². The Balaban J connectivity index is 1.53. The van der Waals surface area contributed by atoms with Gasteiger partial charge < -0.3 is 14.6 Å². The first-order valence-electron chi connectivity index (χ1n) is 9.66. The van der Waals surface area contributed by atoms with Gasteiger partial charge in [-0.3, -0.25) is 14.5 Å². The molecule has 1 spiro atoms. The van der Waals surface area contributed by atoms with Gasteiger partial charge >= 0.3 is 5.97 Å². The van der Waals surface area contributed by atoms with Crippen LogP contribution < -0.4 is 0 Å². The molecule has 0 aromatic carbocycles. The number of hydrogen-bond donors (Lipinski definition) is 1. The van der Waals surface area contributed by atoms with Crippen LogP contribution in [0.1, 0.15) is 44.9 Å². The van der Waals surface area contributed by atoms with Crippen molar-refractivity contribution in [1.82, 2.24) is 19.4 Å². The van der Waals surface area contributed by atoms with Gasteiger partial charge in [0.1, 0.15) is 11.9 Å². The zero-order chi connectivity index (χ0) is 18.7. The Morgan fingerprint density at radius 2 is 2.04 bits per heavy atom. The summed E-state index contributed by atoms with van der Waals surface area (Å²) in [5.41, 5.74) is 0.0654. The summed E-state index contributed by atoms with van der Waals surface area (Å²) in [6, 6.07) is -0.360. The van der Waals surface area contributed by atoms with Crippen LogP contribution in [0.2, 0.25) is 0 Å². The largest absolute Gasteiger partial charge is 0.480 e. The molecule has 1 aromatic rings. The second-order valence-corrected chi connectivity index (χ2v) is 7.83. The highest BCUT2D eigenvalue weighted by Gasteiger charge is 2.48. The molecule has 1 N–H and O–H groups in total. The van der Waals surface area contributed by atoms with Crippen LogP contribution in [-0.2, 0) is 16.1 Å². The van der Waals surface area contributed by atoms with E-state index in [1.54, 1.807) is 6.20 Å². The Morgan fingerprint density at radius 3 is 2.62 bits per heavy atom. The van der Waals surface area contributed by atoms with Crippen molar-refractivity contribution < 1.29 is 14.7 Å². The van der Waals surface area contributed by atoms with Crippen LogP contribution in [-0.4, -0.2) is 68.6 Å². The number of carboxylic acids is 1. The highest BCUT2D eigenvalue weighted by atomic mass is 16.4.